The monoisotopic (exact) mass is 399 g/mol. The van der Waals surface area contributed by atoms with Crippen molar-refractivity contribution in [3.63, 3.8) is 0 Å². The van der Waals surface area contributed by atoms with E-state index in [9.17, 15) is 9.18 Å². The highest BCUT2D eigenvalue weighted by molar-refractivity contribution is 14.1. The SMILES string of the molecule is Cc1c(Nc2ccc(I)cc2F)c(N)c2n(c1=O)CCC2. The first kappa shape index (κ1) is 14.4. The Hall–Kier alpha value is -1.57. The van der Waals surface area contributed by atoms with Crippen LogP contribution in [0.4, 0.5) is 21.5 Å². The van der Waals surface area contributed by atoms with Crippen LogP contribution in [0.1, 0.15) is 17.7 Å². The quantitative estimate of drug-likeness (QED) is 0.763. The molecule has 110 valence electrons. The predicted octanol–water partition coefficient (Wildman–Crippen LogP) is 3.17. The smallest absolute Gasteiger partial charge is 0.255 e. The molecule has 0 saturated heterocycles. The highest BCUT2D eigenvalue weighted by Crippen LogP contribution is 2.32. The van der Waals surface area contributed by atoms with Crippen LogP contribution in [0, 0.1) is 16.3 Å². The van der Waals surface area contributed by atoms with Crippen LogP contribution in [0.3, 0.4) is 0 Å². The summed E-state index contributed by atoms with van der Waals surface area (Å²) in [6.45, 7) is 2.43. The number of pyridine rings is 1. The average Bonchev–Trinajstić information content (AvgIpc) is 2.93. The largest absolute Gasteiger partial charge is 0.396 e. The summed E-state index contributed by atoms with van der Waals surface area (Å²) in [7, 11) is 0. The third-order valence-corrected chi connectivity index (χ3v) is 4.50. The summed E-state index contributed by atoms with van der Waals surface area (Å²) in [5.41, 5.74) is 8.90. The Kier molecular flexibility index (Phi) is 3.64. The standard InChI is InChI=1S/C15H15FIN3O/c1-8-14(19-11-5-4-9(17)7-10(11)16)13(18)12-3-2-6-20(12)15(8)21/h4-5,7,19H,2-3,6,18H2,1H3. The van der Waals surface area contributed by atoms with E-state index < -0.39 is 0 Å². The summed E-state index contributed by atoms with van der Waals surface area (Å²) >= 11 is 2.05. The van der Waals surface area contributed by atoms with Gasteiger partial charge < -0.3 is 15.6 Å². The van der Waals surface area contributed by atoms with E-state index in [4.69, 9.17) is 5.73 Å². The molecule has 0 spiro atoms. The van der Waals surface area contributed by atoms with Gasteiger partial charge in [0.25, 0.3) is 5.56 Å². The first-order valence-electron chi connectivity index (χ1n) is 6.73. The van der Waals surface area contributed by atoms with Gasteiger partial charge in [0.15, 0.2) is 0 Å². The number of benzene rings is 1. The average molecular weight is 399 g/mol. The van der Waals surface area contributed by atoms with Gasteiger partial charge in [-0.05, 0) is 60.6 Å². The fourth-order valence-corrected chi connectivity index (χ4v) is 3.17. The molecule has 0 amide bonds. The van der Waals surface area contributed by atoms with Gasteiger partial charge in [0, 0.05) is 21.4 Å². The molecule has 1 aromatic heterocycles. The molecule has 1 aliphatic heterocycles. The first-order chi connectivity index (χ1) is 9.99. The number of nitrogens with zero attached hydrogens (tertiary/aromatic N) is 1. The minimum atomic E-state index is -0.360. The van der Waals surface area contributed by atoms with Crippen molar-refractivity contribution in [3.8, 4) is 0 Å². The molecule has 0 bridgehead atoms. The second-order valence-corrected chi connectivity index (χ2v) is 6.42. The van der Waals surface area contributed by atoms with Gasteiger partial charge >= 0.3 is 0 Å². The second kappa shape index (κ2) is 5.32. The zero-order valence-corrected chi connectivity index (χ0v) is 13.7. The number of nitrogens with two attached hydrogens (primary N) is 1. The van der Waals surface area contributed by atoms with E-state index in [0.29, 0.717) is 29.2 Å². The number of hydrogen-bond donors (Lipinski definition) is 2. The molecule has 4 nitrogen and oxygen atoms in total. The molecule has 0 radical (unpaired) electrons. The highest BCUT2D eigenvalue weighted by Gasteiger charge is 2.21. The maximum Gasteiger partial charge on any atom is 0.255 e. The van der Waals surface area contributed by atoms with Gasteiger partial charge in [0.05, 0.1) is 17.1 Å². The normalized spacial score (nSPS) is 13.3. The van der Waals surface area contributed by atoms with Crippen molar-refractivity contribution in [3.05, 3.63) is 49.2 Å². The van der Waals surface area contributed by atoms with Gasteiger partial charge in [-0.25, -0.2) is 4.39 Å². The zero-order chi connectivity index (χ0) is 15.1. The molecular weight excluding hydrogens is 384 g/mol. The van der Waals surface area contributed by atoms with Crippen LogP contribution in [0.5, 0.6) is 0 Å². The van der Waals surface area contributed by atoms with E-state index in [1.54, 1.807) is 23.6 Å². The maximum absolute atomic E-state index is 14.0. The molecule has 3 rings (SSSR count). The number of rotatable bonds is 2. The Morgan fingerprint density at radius 1 is 1.43 bits per heavy atom. The first-order valence-corrected chi connectivity index (χ1v) is 7.80. The molecule has 21 heavy (non-hydrogen) atoms. The van der Waals surface area contributed by atoms with Crippen molar-refractivity contribution in [2.45, 2.75) is 26.3 Å². The molecule has 1 aromatic carbocycles. The number of hydrogen-bond acceptors (Lipinski definition) is 3. The van der Waals surface area contributed by atoms with Crippen LogP contribution in [0.25, 0.3) is 0 Å². The minimum Gasteiger partial charge on any atom is -0.396 e. The number of fused-ring (bicyclic) bond motifs is 1. The van der Waals surface area contributed by atoms with Crippen LogP contribution in [-0.4, -0.2) is 4.57 Å². The van der Waals surface area contributed by atoms with E-state index in [0.717, 1.165) is 22.1 Å². The molecular formula is C15H15FIN3O. The molecule has 1 aliphatic rings. The summed E-state index contributed by atoms with van der Waals surface area (Å²) in [6, 6.07) is 4.90. The molecule has 0 unspecified atom stereocenters. The summed E-state index contributed by atoms with van der Waals surface area (Å²) < 4.78 is 16.5. The molecule has 3 N–H and O–H groups in total. The number of aromatic nitrogens is 1. The fourth-order valence-electron chi connectivity index (χ4n) is 2.72. The lowest BCUT2D eigenvalue weighted by atomic mass is 10.1. The van der Waals surface area contributed by atoms with Gasteiger partial charge in [0.2, 0.25) is 0 Å². The van der Waals surface area contributed by atoms with Crippen molar-refractivity contribution in [2.24, 2.45) is 0 Å². The number of halogens is 2. The number of nitrogen functional groups attached to an aromatic ring is 1. The van der Waals surface area contributed by atoms with E-state index in [-0.39, 0.29) is 11.4 Å². The van der Waals surface area contributed by atoms with E-state index in [1.165, 1.54) is 6.07 Å². The Morgan fingerprint density at radius 2 is 2.19 bits per heavy atom. The highest BCUT2D eigenvalue weighted by atomic mass is 127. The molecule has 6 heteroatoms. The van der Waals surface area contributed by atoms with Crippen molar-refractivity contribution < 1.29 is 4.39 Å². The minimum absolute atomic E-state index is 0.0508. The van der Waals surface area contributed by atoms with Crippen molar-refractivity contribution in [1.82, 2.24) is 4.57 Å². The van der Waals surface area contributed by atoms with Gasteiger partial charge in [-0.3, -0.25) is 4.79 Å². The van der Waals surface area contributed by atoms with Gasteiger partial charge in [-0.2, -0.15) is 0 Å². The van der Waals surface area contributed by atoms with Crippen LogP contribution < -0.4 is 16.6 Å². The van der Waals surface area contributed by atoms with Gasteiger partial charge in [0.1, 0.15) is 5.82 Å². The third-order valence-electron chi connectivity index (χ3n) is 3.83. The lowest BCUT2D eigenvalue weighted by molar-refractivity contribution is 0.631. The van der Waals surface area contributed by atoms with Crippen LogP contribution in [0.15, 0.2) is 23.0 Å². The van der Waals surface area contributed by atoms with E-state index >= 15 is 0 Å². The number of nitrogens with one attached hydrogen (secondary N) is 1. The molecule has 0 saturated carbocycles. The van der Waals surface area contributed by atoms with Crippen LogP contribution >= 0.6 is 22.6 Å². The van der Waals surface area contributed by atoms with Crippen LogP contribution in [-0.2, 0) is 13.0 Å². The van der Waals surface area contributed by atoms with Crippen LogP contribution in [0.2, 0.25) is 0 Å². The van der Waals surface area contributed by atoms with E-state index in [1.807, 2.05) is 22.6 Å². The van der Waals surface area contributed by atoms with Crippen molar-refractivity contribution in [1.29, 1.82) is 0 Å². The van der Waals surface area contributed by atoms with E-state index in [2.05, 4.69) is 5.32 Å². The molecule has 0 atom stereocenters. The molecule has 0 aliphatic carbocycles. The Morgan fingerprint density at radius 3 is 2.90 bits per heavy atom. The predicted molar refractivity (Wildman–Crippen MR) is 90.6 cm³/mol. The summed E-state index contributed by atoms with van der Waals surface area (Å²) in [5.74, 6) is -0.360. The summed E-state index contributed by atoms with van der Waals surface area (Å²) in [4.78, 5) is 12.3. The third kappa shape index (κ3) is 2.41. The van der Waals surface area contributed by atoms with Crippen molar-refractivity contribution >= 4 is 39.7 Å². The zero-order valence-electron chi connectivity index (χ0n) is 11.5. The fraction of sp³-hybridized carbons (Fsp3) is 0.267. The summed E-state index contributed by atoms with van der Waals surface area (Å²) in [6.07, 6.45) is 1.70. The Labute approximate surface area is 135 Å². The summed E-state index contributed by atoms with van der Waals surface area (Å²) in [5, 5.41) is 2.99. The topological polar surface area (TPSA) is 60.0 Å². The Bertz CT molecular complexity index is 785. The lowest BCUT2D eigenvalue weighted by Crippen LogP contribution is -2.24. The molecule has 2 aromatic rings. The second-order valence-electron chi connectivity index (χ2n) is 5.17. The molecule has 0 fully saturated rings. The number of anilines is 3. The Balaban J connectivity index is 2.11. The van der Waals surface area contributed by atoms with Gasteiger partial charge in [-0.1, -0.05) is 0 Å². The lowest BCUT2D eigenvalue weighted by Gasteiger charge is -2.17. The van der Waals surface area contributed by atoms with Gasteiger partial charge in [-0.15, -0.1) is 0 Å². The maximum atomic E-state index is 14.0. The van der Waals surface area contributed by atoms with Crippen molar-refractivity contribution in [2.75, 3.05) is 11.1 Å². The molecule has 2 heterocycles.